The van der Waals surface area contributed by atoms with Gasteiger partial charge in [0.25, 0.3) is 0 Å². The zero-order valence-electron chi connectivity index (χ0n) is 18.8. The van der Waals surface area contributed by atoms with E-state index in [9.17, 15) is 13.2 Å². The lowest BCUT2D eigenvalue weighted by atomic mass is 10.2. The van der Waals surface area contributed by atoms with Crippen LogP contribution in [0.4, 0.5) is 13.2 Å². The van der Waals surface area contributed by atoms with E-state index >= 15 is 0 Å². The second kappa shape index (κ2) is 13.6. The Morgan fingerprint density at radius 1 is 1.03 bits per heavy atom. The van der Waals surface area contributed by atoms with E-state index in [1.807, 2.05) is 0 Å². The third-order valence-corrected chi connectivity index (χ3v) is 5.90. The average Bonchev–Trinajstić information content (AvgIpc) is 3.17. The van der Waals surface area contributed by atoms with Crippen LogP contribution in [-0.2, 0) is 6.54 Å². The van der Waals surface area contributed by atoms with Crippen molar-refractivity contribution in [2.75, 3.05) is 66.0 Å². The summed E-state index contributed by atoms with van der Waals surface area (Å²) in [6.07, 6.45) is -2.43. The molecule has 1 aromatic rings. The number of nitrogens with zero attached hydrogens (tertiary/aromatic N) is 4. The molecular formula is C22H36F3IN6. The molecule has 0 aliphatic carbocycles. The zero-order valence-corrected chi connectivity index (χ0v) is 21.1. The molecule has 2 saturated heterocycles. The number of halogens is 4. The third kappa shape index (κ3) is 9.80. The first-order valence-corrected chi connectivity index (χ1v) is 11.2. The summed E-state index contributed by atoms with van der Waals surface area (Å²) in [6.45, 7) is 7.19. The second-order valence-corrected chi connectivity index (χ2v) is 8.44. The number of likely N-dealkylation sites (tertiary alicyclic amines) is 1. The van der Waals surface area contributed by atoms with E-state index in [0.29, 0.717) is 25.5 Å². The molecule has 1 aromatic carbocycles. The Morgan fingerprint density at radius 2 is 1.72 bits per heavy atom. The predicted molar refractivity (Wildman–Crippen MR) is 134 cm³/mol. The number of piperazine rings is 1. The molecule has 10 heteroatoms. The predicted octanol–water partition coefficient (Wildman–Crippen LogP) is 2.61. The quantitative estimate of drug-likeness (QED) is 0.219. The molecule has 6 nitrogen and oxygen atoms in total. The molecule has 2 heterocycles. The molecule has 32 heavy (non-hydrogen) atoms. The molecule has 2 fully saturated rings. The van der Waals surface area contributed by atoms with E-state index in [1.165, 1.54) is 10.5 Å². The number of alkyl halides is 3. The Morgan fingerprint density at radius 3 is 2.38 bits per heavy atom. The Hall–Kier alpha value is -1.11. The van der Waals surface area contributed by atoms with Gasteiger partial charge in [-0.3, -0.25) is 14.8 Å². The summed E-state index contributed by atoms with van der Waals surface area (Å²) in [4.78, 5) is 10.7. The van der Waals surface area contributed by atoms with Crippen LogP contribution in [0, 0.1) is 0 Å². The smallest absolute Gasteiger partial charge is 0.356 e. The molecule has 2 aliphatic heterocycles. The van der Waals surface area contributed by atoms with E-state index in [4.69, 9.17) is 0 Å². The molecule has 182 valence electrons. The molecule has 0 bridgehead atoms. The summed E-state index contributed by atoms with van der Waals surface area (Å²) in [7, 11) is 1.70. The van der Waals surface area contributed by atoms with E-state index in [-0.39, 0.29) is 30.0 Å². The number of aliphatic imine (C=N–C) groups is 1. The van der Waals surface area contributed by atoms with Crippen molar-refractivity contribution in [1.82, 2.24) is 25.3 Å². The lowest BCUT2D eigenvalue weighted by Gasteiger charge is -2.34. The van der Waals surface area contributed by atoms with Crippen LogP contribution in [0.5, 0.6) is 0 Å². The first kappa shape index (κ1) is 27.1. The molecule has 0 radical (unpaired) electrons. The molecule has 0 spiro atoms. The van der Waals surface area contributed by atoms with Crippen LogP contribution < -0.4 is 10.6 Å². The lowest BCUT2D eigenvalue weighted by Crippen LogP contribution is -2.47. The Bertz CT molecular complexity index is 680. The number of rotatable bonds is 8. The maximum Gasteiger partial charge on any atom is 0.401 e. The Labute approximate surface area is 206 Å². The molecule has 0 amide bonds. The van der Waals surface area contributed by atoms with Gasteiger partial charge in [-0.2, -0.15) is 13.2 Å². The third-order valence-electron chi connectivity index (χ3n) is 5.90. The minimum Gasteiger partial charge on any atom is -0.356 e. The fourth-order valence-corrected chi connectivity index (χ4v) is 4.26. The van der Waals surface area contributed by atoms with Crippen molar-refractivity contribution in [2.24, 2.45) is 4.99 Å². The molecular weight excluding hydrogens is 532 g/mol. The SMILES string of the molecule is CN=C(NCCCN1CCN(Cc2ccccc2)CC1)NC1CCN(CC(F)(F)F)C1.I. The van der Waals surface area contributed by atoms with Gasteiger partial charge in [0.2, 0.25) is 0 Å². The molecule has 2 aliphatic rings. The molecule has 1 atom stereocenters. The van der Waals surface area contributed by atoms with Crippen LogP contribution in [0.15, 0.2) is 35.3 Å². The minimum absolute atomic E-state index is 0. The van der Waals surface area contributed by atoms with Crippen LogP contribution in [0.1, 0.15) is 18.4 Å². The minimum atomic E-state index is -4.14. The van der Waals surface area contributed by atoms with Crippen LogP contribution >= 0.6 is 24.0 Å². The molecule has 0 aromatic heterocycles. The first-order valence-electron chi connectivity index (χ1n) is 11.2. The number of nitrogens with one attached hydrogen (secondary N) is 2. The van der Waals surface area contributed by atoms with Gasteiger partial charge in [0.05, 0.1) is 6.54 Å². The zero-order chi connectivity index (χ0) is 22.1. The van der Waals surface area contributed by atoms with Gasteiger partial charge in [-0.25, -0.2) is 0 Å². The summed E-state index contributed by atoms with van der Waals surface area (Å²) in [5, 5.41) is 6.56. The highest BCUT2D eigenvalue weighted by atomic mass is 127. The van der Waals surface area contributed by atoms with Crippen molar-refractivity contribution >= 4 is 29.9 Å². The van der Waals surface area contributed by atoms with Crippen molar-refractivity contribution in [3.8, 4) is 0 Å². The summed E-state index contributed by atoms with van der Waals surface area (Å²) in [5.74, 6) is 0.673. The number of guanidine groups is 1. The topological polar surface area (TPSA) is 46.1 Å². The largest absolute Gasteiger partial charge is 0.401 e. The van der Waals surface area contributed by atoms with E-state index in [2.05, 4.69) is 55.8 Å². The fraction of sp³-hybridized carbons (Fsp3) is 0.682. The molecule has 0 saturated carbocycles. The molecule has 2 N–H and O–H groups in total. The van der Waals surface area contributed by atoms with Gasteiger partial charge in [-0.05, 0) is 24.9 Å². The fourth-order valence-electron chi connectivity index (χ4n) is 4.26. The Kier molecular flexibility index (Phi) is 11.5. The van der Waals surface area contributed by atoms with Crippen LogP contribution in [0.25, 0.3) is 0 Å². The van der Waals surface area contributed by atoms with Crippen molar-refractivity contribution in [3.63, 3.8) is 0 Å². The van der Waals surface area contributed by atoms with Gasteiger partial charge >= 0.3 is 6.18 Å². The van der Waals surface area contributed by atoms with Crippen molar-refractivity contribution in [1.29, 1.82) is 0 Å². The standard InChI is InChI=1S/C22H35F3N6.HI/c1-26-21(28-20-8-11-31(17-20)18-22(23,24)25)27-9-5-10-29-12-14-30(15-13-29)16-19-6-3-2-4-7-19;/h2-4,6-7,20H,5,8-18H2,1H3,(H2,26,27,28);1H. The highest BCUT2D eigenvalue weighted by Crippen LogP contribution is 2.19. The van der Waals surface area contributed by atoms with Crippen LogP contribution in [0.2, 0.25) is 0 Å². The molecule has 1 unspecified atom stereocenters. The lowest BCUT2D eigenvalue weighted by molar-refractivity contribution is -0.143. The second-order valence-electron chi connectivity index (χ2n) is 8.44. The highest BCUT2D eigenvalue weighted by Gasteiger charge is 2.34. The Balaban J connectivity index is 0.00000363. The summed E-state index contributed by atoms with van der Waals surface area (Å²) < 4.78 is 37.6. The van der Waals surface area contributed by atoms with Gasteiger partial charge < -0.3 is 15.5 Å². The monoisotopic (exact) mass is 568 g/mol. The number of hydrogen-bond acceptors (Lipinski definition) is 4. The van der Waals surface area contributed by atoms with Gasteiger partial charge in [0.15, 0.2) is 5.96 Å². The normalized spacial score (nSPS) is 21.4. The summed E-state index contributed by atoms with van der Waals surface area (Å²) >= 11 is 0. The average molecular weight is 568 g/mol. The van der Waals surface area contributed by atoms with Gasteiger partial charge in [-0.1, -0.05) is 30.3 Å². The van der Waals surface area contributed by atoms with Crippen LogP contribution in [0.3, 0.4) is 0 Å². The summed E-state index contributed by atoms with van der Waals surface area (Å²) in [5.41, 5.74) is 1.36. The van der Waals surface area contributed by atoms with Crippen LogP contribution in [-0.4, -0.2) is 98.8 Å². The number of hydrogen-bond donors (Lipinski definition) is 2. The molecule has 3 rings (SSSR count). The summed E-state index contributed by atoms with van der Waals surface area (Å²) in [6, 6.07) is 10.6. The van der Waals surface area contributed by atoms with E-state index in [1.54, 1.807) is 7.05 Å². The van der Waals surface area contributed by atoms with E-state index < -0.39 is 12.7 Å². The van der Waals surface area contributed by atoms with Crippen molar-refractivity contribution < 1.29 is 13.2 Å². The number of benzene rings is 1. The first-order chi connectivity index (χ1) is 14.9. The van der Waals surface area contributed by atoms with Gasteiger partial charge in [-0.15, -0.1) is 24.0 Å². The van der Waals surface area contributed by atoms with E-state index in [0.717, 1.165) is 52.2 Å². The van der Waals surface area contributed by atoms with Crippen molar-refractivity contribution in [3.05, 3.63) is 35.9 Å². The van der Waals surface area contributed by atoms with Gasteiger partial charge in [0.1, 0.15) is 0 Å². The maximum absolute atomic E-state index is 12.5. The maximum atomic E-state index is 12.5. The van der Waals surface area contributed by atoms with Crippen molar-refractivity contribution in [2.45, 2.75) is 31.6 Å². The highest BCUT2D eigenvalue weighted by molar-refractivity contribution is 14.0. The van der Waals surface area contributed by atoms with Gasteiger partial charge in [0, 0.05) is 65.4 Å².